The van der Waals surface area contributed by atoms with Crippen LogP contribution in [0.2, 0.25) is 0 Å². The molecule has 8 heteroatoms. The predicted octanol–water partition coefficient (Wildman–Crippen LogP) is 3.82. The zero-order chi connectivity index (χ0) is 26.4. The molecule has 1 aliphatic rings. The van der Waals surface area contributed by atoms with Gasteiger partial charge in [-0.15, -0.1) is 0 Å². The summed E-state index contributed by atoms with van der Waals surface area (Å²) in [4.78, 5) is 34.2. The Bertz CT molecular complexity index is 1350. The summed E-state index contributed by atoms with van der Waals surface area (Å²) in [7, 11) is 1.68. The number of carbonyl (C=O) groups is 2. The zero-order valence-electron chi connectivity index (χ0n) is 21.2. The van der Waals surface area contributed by atoms with Crippen LogP contribution in [0.1, 0.15) is 59.8 Å². The van der Waals surface area contributed by atoms with E-state index in [1.807, 2.05) is 42.5 Å². The second kappa shape index (κ2) is 11.8. The lowest BCUT2D eigenvalue weighted by Crippen LogP contribution is -2.45. The number of allylic oxidation sites excluding steroid dienone is 1. The van der Waals surface area contributed by atoms with Crippen molar-refractivity contribution in [3.8, 4) is 0 Å². The SMILES string of the molecule is CN=CC(=CN)c1ccc(Cc2cc(C(=O)N[C@H]3CCCC[C@@H]3O)c(NC(C)=O)c3ccccc23)cn1. The highest BCUT2D eigenvalue weighted by Crippen LogP contribution is 2.33. The molecule has 1 aromatic heterocycles. The van der Waals surface area contributed by atoms with Crippen molar-refractivity contribution in [2.45, 2.75) is 51.2 Å². The van der Waals surface area contributed by atoms with Gasteiger partial charge in [0.15, 0.2) is 0 Å². The molecule has 0 spiro atoms. The van der Waals surface area contributed by atoms with Crippen LogP contribution in [0.5, 0.6) is 0 Å². The van der Waals surface area contributed by atoms with Crippen molar-refractivity contribution in [3.05, 3.63) is 77.2 Å². The van der Waals surface area contributed by atoms with Gasteiger partial charge in [-0.2, -0.15) is 0 Å². The number of aliphatic hydroxyl groups excluding tert-OH is 1. The number of carbonyl (C=O) groups excluding carboxylic acids is 2. The van der Waals surface area contributed by atoms with Crippen LogP contribution < -0.4 is 16.4 Å². The molecule has 37 heavy (non-hydrogen) atoms. The molecule has 2 aromatic carbocycles. The number of anilines is 1. The summed E-state index contributed by atoms with van der Waals surface area (Å²) in [5, 5.41) is 18.0. The molecule has 8 nitrogen and oxygen atoms in total. The molecule has 1 fully saturated rings. The van der Waals surface area contributed by atoms with E-state index in [0.29, 0.717) is 29.8 Å². The van der Waals surface area contributed by atoms with Crippen LogP contribution in [0.3, 0.4) is 0 Å². The fraction of sp³-hybridized carbons (Fsp3) is 0.310. The van der Waals surface area contributed by atoms with E-state index in [-0.39, 0.29) is 17.9 Å². The molecule has 3 aromatic rings. The molecule has 0 radical (unpaired) electrons. The molecule has 192 valence electrons. The van der Waals surface area contributed by atoms with Gasteiger partial charge in [-0.1, -0.05) is 43.2 Å². The Hall–Kier alpha value is -4.04. The van der Waals surface area contributed by atoms with E-state index in [2.05, 4.69) is 20.6 Å². The van der Waals surface area contributed by atoms with Gasteiger partial charge in [-0.05, 0) is 47.9 Å². The van der Waals surface area contributed by atoms with Crippen molar-refractivity contribution >= 4 is 40.1 Å². The molecule has 0 bridgehead atoms. The third-order valence-electron chi connectivity index (χ3n) is 6.68. The minimum atomic E-state index is -0.573. The summed E-state index contributed by atoms with van der Waals surface area (Å²) in [5.41, 5.74) is 9.88. The highest BCUT2D eigenvalue weighted by molar-refractivity contribution is 6.13. The lowest BCUT2D eigenvalue weighted by molar-refractivity contribution is -0.114. The van der Waals surface area contributed by atoms with E-state index in [4.69, 9.17) is 5.73 Å². The number of nitrogens with one attached hydrogen (secondary N) is 2. The van der Waals surface area contributed by atoms with Gasteiger partial charge in [0, 0.05) is 43.5 Å². The summed E-state index contributed by atoms with van der Waals surface area (Å²) in [6, 6.07) is 13.1. The fourth-order valence-corrected chi connectivity index (χ4v) is 4.87. The Morgan fingerprint density at radius 1 is 1.16 bits per heavy atom. The maximum atomic E-state index is 13.5. The molecule has 0 saturated heterocycles. The van der Waals surface area contributed by atoms with Gasteiger partial charge < -0.3 is 21.5 Å². The molecule has 5 N–H and O–H groups in total. The van der Waals surface area contributed by atoms with Crippen molar-refractivity contribution in [1.29, 1.82) is 0 Å². The second-order valence-electron chi connectivity index (χ2n) is 9.35. The van der Waals surface area contributed by atoms with E-state index >= 15 is 0 Å². The number of aliphatic imine (C=N–C) groups is 1. The van der Waals surface area contributed by atoms with Crippen molar-refractivity contribution in [2.24, 2.45) is 10.7 Å². The van der Waals surface area contributed by atoms with Crippen LogP contribution in [0.15, 0.2) is 59.9 Å². The van der Waals surface area contributed by atoms with Crippen molar-refractivity contribution in [2.75, 3.05) is 12.4 Å². The topological polar surface area (TPSA) is 130 Å². The van der Waals surface area contributed by atoms with E-state index in [9.17, 15) is 14.7 Å². The number of amides is 2. The van der Waals surface area contributed by atoms with Gasteiger partial charge in [0.05, 0.1) is 29.1 Å². The van der Waals surface area contributed by atoms with Crippen LogP contribution >= 0.6 is 0 Å². The Balaban J connectivity index is 1.74. The number of aromatic nitrogens is 1. The molecule has 1 heterocycles. The maximum absolute atomic E-state index is 13.5. The quantitative estimate of drug-likeness (QED) is 0.367. The first-order chi connectivity index (χ1) is 17.9. The molecule has 2 amide bonds. The number of hydrogen-bond donors (Lipinski definition) is 4. The van der Waals surface area contributed by atoms with E-state index in [1.165, 1.54) is 13.1 Å². The molecule has 0 aliphatic heterocycles. The summed E-state index contributed by atoms with van der Waals surface area (Å²) in [6.07, 6.45) is 8.17. The zero-order valence-corrected chi connectivity index (χ0v) is 21.2. The first-order valence-corrected chi connectivity index (χ1v) is 12.5. The van der Waals surface area contributed by atoms with E-state index in [1.54, 1.807) is 19.5 Å². The van der Waals surface area contributed by atoms with Gasteiger partial charge in [0.25, 0.3) is 5.91 Å². The van der Waals surface area contributed by atoms with Crippen LogP contribution in [-0.4, -0.2) is 47.3 Å². The minimum absolute atomic E-state index is 0.260. The Kier molecular flexibility index (Phi) is 8.30. The lowest BCUT2D eigenvalue weighted by atomic mass is 9.91. The normalized spacial score (nSPS) is 18.2. The van der Waals surface area contributed by atoms with Gasteiger partial charge in [-0.25, -0.2) is 0 Å². The molecule has 1 saturated carbocycles. The number of nitrogens with zero attached hydrogens (tertiary/aromatic N) is 2. The van der Waals surface area contributed by atoms with E-state index < -0.39 is 6.10 Å². The predicted molar refractivity (Wildman–Crippen MR) is 148 cm³/mol. The average molecular weight is 500 g/mol. The van der Waals surface area contributed by atoms with Gasteiger partial charge >= 0.3 is 0 Å². The number of nitrogens with two attached hydrogens (primary N) is 1. The number of fused-ring (bicyclic) bond motifs is 1. The summed E-state index contributed by atoms with van der Waals surface area (Å²) in [5.74, 6) is -0.574. The number of pyridine rings is 1. The number of hydrogen-bond acceptors (Lipinski definition) is 6. The molecule has 1 aliphatic carbocycles. The minimum Gasteiger partial charge on any atom is -0.404 e. The summed E-state index contributed by atoms with van der Waals surface area (Å²) < 4.78 is 0. The first-order valence-electron chi connectivity index (χ1n) is 12.5. The third kappa shape index (κ3) is 6.03. The Morgan fingerprint density at radius 2 is 1.92 bits per heavy atom. The Morgan fingerprint density at radius 3 is 2.57 bits per heavy atom. The van der Waals surface area contributed by atoms with Crippen LogP contribution in [0.25, 0.3) is 16.3 Å². The lowest BCUT2D eigenvalue weighted by Gasteiger charge is -2.29. The van der Waals surface area contributed by atoms with Gasteiger partial charge in [0.1, 0.15) is 0 Å². The highest BCUT2D eigenvalue weighted by Gasteiger charge is 2.27. The largest absolute Gasteiger partial charge is 0.404 e. The van der Waals surface area contributed by atoms with Crippen LogP contribution in [0, 0.1) is 0 Å². The molecular weight excluding hydrogens is 466 g/mol. The number of benzene rings is 2. The molecule has 4 rings (SSSR count). The molecular formula is C29H33N5O3. The van der Waals surface area contributed by atoms with Crippen molar-refractivity contribution in [1.82, 2.24) is 10.3 Å². The second-order valence-corrected chi connectivity index (χ2v) is 9.35. The fourth-order valence-electron chi connectivity index (χ4n) is 4.87. The first kappa shape index (κ1) is 26.0. The smallest absolute Gasteiger partial charge is 0.253 e. The third-order valence-corrected chi connectivity index (χ3v) is 6.68. The van der Waals surface area contributed by atoms with E-state index in [0.717, 1.165) is 46.7 Å². The Labute approximate surface area is 216 Å². The highest BCUT2D eigenvalue weighted by atomic mass is 16.3. The summed E-state index contributed by atoms with van der Waals surface area (Å²) >= 11 is 0. The average Bonchev–Trinajstić information content (AvgIpc) is 2.90. The number of aliphatic hydroxyl groups is 1. The van der Waals surface area contributed by atoms with Gasteiger partial charge in [-0.3, -0.25) is 19.6 Å². The molecule has 0 unspecified atom stereocenters. The van der Waals surface area contributed by atoms with Crippen LogP contribution in [0.4, 0.5) is 5.69 Å². The number of rotatable bonds is 7. The standard InChI is InChI=1S/C29H33N5O3/c1-18(35)33-28-23-8-4-3-7-22(23)20(13-19-11-12-25(32-16-19)21(15-30)17-31-2)14-24(28)29(37)34-26-9-5-6-10-27(26)36/h3-4,7-8,11-12,14-17,26-27,36H,5-6,9-10,13,30H2,1-2H3,(H,33,35)(H,34,37)/t26-,27-/m0/s1. The van der Waals surface area contributed by atoms with Crippen molar-refractivity contribution < 1.29 is 14.7 Å². The summed E-state index contributed by atoms with van der Waals surface area (Å²) in [6.45, 7) is 1.43. The van der Waals surface area contributed by atoms with Crippen molar-refractivity contribution in [3.63, 3.8) is 0 Å². The maximum Gasteiger partial charge on any atom is 0.253 e. The van der Waals surface area contributed by atoms with Crippen LogP contribution in [-0.2, 0) is 11.2 Å². The van der Waals surface area contributed by atoms with Gasteiger partial charge in [0.2, 0.25) is 5.91 Å². The molecule has 2 atom stereocenters. The monoisotopic (exact) mass is 499 g/mol.